The van der Waals surface area contributed by atoms with Crippen molar-refractivity contribution in [2.75, 3.05) is 13.1 Å². The number of pyridine rings is 1. The Bertz CT molecular complexity index is 995. The maximum Gasteiger partial charge on any atom is 0.102 e. The maximum absolute atomic E-state index is 9.74. The van der Waals surface area contributed by atoms with Gasteiger partial charge >= 0.3 is 0 Å². The van der Waals surface area contributed by atoms with E-state index in [1.165, 1.54) is 0 Å². The summed E-state index contributed by atoms with van der Waals surface area (Å²) in [5.41, 5.74) is 4.54. The number of aromatic nitrogens is 2. The van der Waals surface area contributed by atoms with Crippen LogP contribution >= 0.6 is 11.6 Å². The molecule has 0 spiro atoms. The summed E-state index contributed by atoms with van der Waals surface area (Å²) in [6.45, 7) is 2.85. The summed E-state index contributed by atoms with van der Waals surface area (Å²) >= 11 is 6.15. The minimum atomic E-state index is 0.507. The smallest absolute Gasteiger partial charge is 0.102 e. The zero-order chi connectivity index (χ0) is 18.1. The van der Waals surface area contributed by atoms with Crippen molar-refractivity contribution in [3.63, 3.8) is 0 Å². The molecular weight excluding hydrogens is 346 g/mol. The van der Waals surface area contributed by atoms with Crippen LogP contribution in [-0.2, 0) is 13.6 Å². The zero-order valence-corrected chi connectivity index (χ0v) is 15.3. The lowest BCUT2D eigenvalue weighted by atomic mass is 10.1. The van der Waals surface area contributed by atoms with Crippen molar-refractivity contribution in [2.24, 2.45) is 7.05 Å². The van der Waals surface area contributed by atoms with Crippen molar-refractivity contribution in [1.29, 1.82) is 5.26 Å². The summed E-state index contributed by atoms with van der Waals surface area (Å²) in [5, 5.41) is 18.2. The van der Waals surface area contributed by atoms with Gasteiger partial charge in [-0.15, -0.1) is 0 Å². The highest BCUT2D eigenvalue weighted by molar-refractivity contribution is 6.31. The number of fused-ring (bicyclic) bond motifs is 1. The second kappa shape index (κ2) is 7.08. The minimum Gasteiger partial charge on any atom is -0.342 e. The van der Waals surface area contributed by atoms with E-state index in [-0.39, 0.29) is 0 Å². The number of nitrogens with zero attached hydrogens (tertiary/aromatic N) is 3. The van der Waals surface area contributed by atoms with E-state index in [0.717, 1.165) is 53.8 Å². The number of hydrogen-bond donors (Lipinski definition) is 2. The average Bonchev–Trinajstić information content (AvgIpc) is 3.26. The SMILES string of the molecule is Cn1c(-c2cncc(CN[C@@H]3CCNC3)c2)c(C#N)c2ccc(Cl)cc21. The van der Waals surface area contributed by atoms with E-state index in [1.807, 2.05) is 42.2 Å². The van der Waals surface area contributed by atoms with Gasteiger partial charge in [-0.25, -0.2) is 0 Å². The first-order chi connectivity index (χ1) is 12.7. The molecule has 3 heterocycles. The molecule has 26 heavy (non-hydrogen) atoms. The second-order valence-electron chi connectivity index (χ2n) is 6.71. The van der Waals surface area contributed by atoms with Gasteiger partial charge in [-0.3, -0.25) is 4.98 Å². The summed E-state index contributed by atoms with van der Waals surface area (Å²) in [6.07, 6.45) is 4.84. The third-order valence-corrected chi connectivity index (χ3v) is 5.23. The Kier molecular flexibility index (Phi) is 4.64. The molecule has 5 nitrogen and oxygen atoms in total. The standard InChI is InChI=1S/C20H20ClN5/c1-26-19-7-15(21)2-3-17(19)18(8-22)20(26)14-6-13(9-24-11-14)10-25-16-4-5-23-12-16/h2-3,6-7,9,11,16,23,25H,4-5,10,12H2,1H3/t16-/m1/s1. The van der Waals surface area contributed by atoms with Crippen molar-refractivity contribution in [3.8, 4) is 17.3 Å². The fraction of sp³-hybridized carbons (Fsp3) is 0.300. The highest BCUT2D eigenvalue weighted by Gasteiger charge is 2.18. The topological polar surface area (TPSA) is 65.7 Å². The molecule has 1 aliphatic heterocycles. The minimum absolute atomic E-state index is 0.507. The highest BCUT2D eigenvalue weighted by atomic mass is 35.5. The first kappa shape index (κ1) is 17.0. The Morgan fingerprint density at radius 1 is 1.38 bits per heavy atom. The molecule has 0 amide bonds. The number of hydrogen-bond acceptors (Lipinski definition) is 4. The number of benzene rings is 1. The van der Waals surface area contributed by atoms with Gasteiger partial charge in [0.05, 0.1) is 16.8 Å². The quantitative estimate of drug-likeness (QED) is 0.745. The number of halogens is 1. The molecular formula is C20H20ClN5. The normalized spacial score (nSPS) is 16.9. The van der Waals surface area contributed by atoms with Crippen LogP contribution in [-0.4, -0.2) is 28.7 Å². The van der Waals surface area contributed by atoms with Crippen LogP contribution < -0.4 is 10.6 Å². The van der Waals surface area contributed by atoms with Crippen molar-refractivity contribution < 1.29 is 0 Å². The molecule has 1 aromatic carbocycles. The van der Waals surface area contributed by atoms with Crippen LogP contribution in [0.25, 0.3) is 22.2 Å². The summed E-state index contributed by atoms with van der Waals surface area (Å²) in [4.78, 5) is 4.41. The summed E-state index contributed by atoms with van der Waals surface area (Å²) in [7, 11) is 1.96. The van der Waals surface area contributed by atoms with E-state index in [9.17, 15) is 5.26 Å². The predicted octanol–water partition coefficient (Wildman–Crippen LogP) is 3.22. The van der Waals surface area contributed by atoms with Gasteiger partial charge in [-0.1, -0.05) is 11.6 Å². The molecule has 1 atom stereocenters. The van der Waals surface area contributed by atoms with E-state index < -0.39 is 0 Å². The lowest BCUT2D eigenvalue weighted by Crippen LogP contribution is -2.30. The van der Waals surface area contributed by atoms with Gasteiger partial charge in [0.15, 0.2) is 0 Å². The molecule has 3 aromatic rings. The largest absolute Gasteiger partial charge is 0.342 e. The molecule has 2 aromatic heterocycles. The zero-order valence-electron chi connectivity index (χ0n) is 14.6. The number of aryl methyl sites for hydroxylation is 1. The molecule has 1 fully saturated rings. The second-order valence-corrected chi connectivity index (χ2v) is 7.14. The van der Waals surface area contributed by atoms with Crippen LogP contribution in [0.2, 0.25) is 5.02 Å². The number of nitrogens with one attached hydrogen (secondary N) is 2. The first-order valence-electron chi connectivity index (χ1n) is 8.74. The third-order valence-electron chi connectivity index (χ3n) is 5.00. The van der Waals surface area contributed by atoms with E-state index in [2.05, 4.69) is 27.8 Å². The Balaban J connectivity index is 1.72. The fourth-order valence-corrected chi connectivity index (χ4v) is 3.83. The van der Waals surface area contributed by atoms with Crippen LogP contribution in [0.3, 0.4) is 0 Å². The van der Waals surface area contributed by atoms with E-state index in [0.29, 0.717) is 16.6 Å². The van der Waals surface area contributed by atoms with Crippen LogP contribution in [0.5, 0.6) is 0 Å². The van der Waals surface area contributed by atoms with Gasteiger partial charge in [0, 0.05) is 54.5 Å². The lowest BCUT2D eigenvalue weighted by molar-refractivity contribution is 0.547. The van der Waals surface area contributed by atoms with Gasteiger partial charge in [-0.05, 0) is 42.8 Å². The van der Waals surface area contributed by atoms with Crippen molar-refractivity contribution in [2.45, 2.75) is 19.0 Å². The maximum atomic E-state index is 9.74. The Morgan fingerprint density at radius 3 is 3.04 bits per heavy atom. The summed E-state index contributed by atoms with van der Waals surface area (Å²) in [6, 6.07) is 10.6. The molecule has 1 saturated heterocycles. The van der Waals surface area contributed by atoms with Gasteiger partial charge in [-0.2, -0.15) is 5.26 Å². The Hall–Kier alpha value is -2.39. The average molecular weight is 366 g/mol. The molecule has 1 aliphatic rings. The molecule has 132 valence electrons. The van der Waals surface area contributed by atoms with Gasteiger partial charge in [0.2, 0.25) is 0 Å². The van der Waals surface area contributed by atoms with Crippen molar-refractivity contribution in [3.05, 3.63) is 52.8 Å². The number of rotatable bonds is 4. The van der Waals surface area contributed by atoms with Crippen LogP contribution in [0.15, 0.2) is 36.7 Å². The first-order valence-corrected chi connectivity index (χ1v) is 9.11. The predicted molar refractivity (Wildman–Crippen MR) is 104 cm³/mol. The molecule has 2 N–H and O–H groups in total. The molecule has 6 heteroatoms. The fourth-order valence-electron chi connectivity index (χ4n) is 3.67. The van der Waals surface area contributed by atoms with Gasteiger partial charge in [0.1, 0.15) is 6.07 Å². The van der Waals surface area contributed by atoms with E-state index in [4.69, 9.17) is 11.6 Å². The summed E-state index contributed by atoms with van der Waals surface area (Å²) in [5.74, 6) is 0. The van der Waals surface area contributed by atoms with Crippen molar-refractivity contribution in [1.82, 2.24) is 20.2 Å². The molecule has 0 radical (unpaired) electrons. The van der Waals surface area contributed by atoms with Crippen LogP contribution in [0, 0.1) is 11.3 Å². The lowest BCUT2D eigenvalue weighted by Gasteiger charge is -2.12. The van der Waals surface area contributed by atoms with E-state index in [1.54, 1.807) is 0 Å². The molecule has 4 rings (SSSR count). The summed E-state index contributed by atoms with van der Waals surface area (Å²) < 4.78 is 2.02. The van der Waals surface area contributed by atoms with E-state index >= 15 is 0 Å². The highest BCUT2D eigenvalue weighted by Crippen LogP contribution is 2.33. The molecule has 0 bridgehead atoms. The Labute approximate surface area is 157 Å². The monoisotopic (exact) mass is 365 g/mol. The van der Waals surface area contributed by atoms with Gasteiger partial charge in [0.25, 0.3) is 0 Å². The van der Waals surface area contributed by atoms with Crippen molar-refractivity contribution >= 4 is 22.5 Å². The third kappa shape index (κ3) is 3.08. The molecule has 0 saturated carbocycles. The number of nitriles is 1. The van der Waals surface area contributed by atoms with Gasteiger partial charge < -0.3 is 15.2 Å². The molecule has 0 aliphatic carbocycles. The molecule has 0 unspecified atom stereocenters. The van der Waals surface area contributed by atoms with Crippen LogP contribution in [0.1, 0.15) is 17.5 Å². The Morgan fingerprint density at radius 2 is 2.27 bits per heavy atom. The van der Waals surface area contributed by atoms with Crippen LogP contribution in [0.4, 0.5) is 0 Å².